The molecule has 0 spiro atoms. The molecule has 2 aromatic rings. The van der Waals surface area contributed by atoms with E-state index in [1.165, 1.54) is 11.4 Å². The molecule has 1 fully saturated rings. The molecule has 0 aromatic carbocycles. The second kappa shape index (κ2) is 6.96. The highest BCUT2D eigenvalue weighted by atomic mass is 32.2. The topological polar surface area (TPSA) is 108 Å². The maximum Gasteiger partial charge on any atom is 0.319 e. The molecule has 9 nitrogen and oxygen atoms in total. The molecule has 0 unspecified atom stereocenters. The average molecular weight is 368 g/mol. The highest BCUT2D eigenvalue weighted by Crippen LogP contribution is 2.27. The standard InChI is InChI=1S/C15H20N4O5S/c1-10-14(11(2)24-18-10)25(20,21)19-8-5-12(6-9-19)23-13-4-7-16-15(17-13)22-3/h4,7,12H,5-6,8-9H2,1-3H3. The van der Waals surface area contributed by atoms with Crippen LogP contribution < -0.4 is 9.47 Å². The van der Waals surface area contributed by atoms with Gasteiger partial charge >= 0.3 is 6.01 Å². The van der Waals surface area contributed by atoms with Crippen molar-refractivity contribution in [2.75, 3.05) is 20.2 Å². The Balaban J connectivity index is 1.65. The molecule has 0 aliphatic carbocycles. The Hall–Kier alpha value is -2.20. The summed E-state index contributed by atoms with van der Waals surface area (Å²) in [7, 11) is -2.13. The number of aryl methyl sites for hydroxylation is 2. The van der Waals surface area contributed by atoms with Crippen molar-refractivity contribution in [2.24, 2.45) is 0 Å². The summed E-state index contributed by atoms with van der Waals surface area (Å²) in [4.78, 5) is 8.19. The molecule has 1 aliphatic rings. The first-order valence-corrected chi connectivity index (χ1v) is 9.32. The van der Waals surface area contributed by atoms with Crippen molar-refractivity contribution in [2.45, 2.75) is 37.7 Å². The Morgan fingerprint density at radius 1 is 1.28 bits per heavy atom. The van der Waals surface area contributed by atoms with E-state index in [4.69, 9.17) is 14.0 Å². The third-order valence-corrected chi connectivity index (χ3v) is 6.19. The van der Waals surface area contributed by atoms with Gasteiger partial charge in [-0.1, -0.05) is 5.16 Å². The van der Waals surface area contributed by atoms with Crippen LogP contribution in [0.5, 0.6) is 11.9 Å². The number of aromatic nitrogens is 3. The lowest BCUT2D eigenvalue weighted by atomic mass is 10.1. The van der Waals surface area contributed by atoms with Gasteiger partial charge in [0.1, 0.15) is 16.7 Å². The number of methoxy groups -OCH3 is 1. The monoisotopic (exact) mass is 368 g/mol. The summed E-state index contributed by atoms with van der Waals surface area (Å²) >= 11 is 0. The highest BCUT2D eigenvalue weighted by molar-refractivity contribution is 7.89. The lowest BCUT2D eigenvalue weighted by Gasteiger charge is -2.31. The fraction of sp³-hybridized carbons (Fsp3) is 0.533. The second-order valence-corrected chi connectivity index (χ2v) is 7.63. The van der Waals surface area contributed by atoms with Crippen LogP contribution in [0.3, 0.4) is 0 Å². The first-order valence-electron chi connectivity index (χ1n) is 7.88. The Bertz CT molecular complexity index is 824. The number of nitrogens with zero attached hydrogens (tertiary/aromatic N) is 4. The van der Waals surface area contributed by atoms with Gasteiger partial charge in [-0.15, -0.1) is 0 Å². The van der Waals surface area contributed by atoms with Crippen LogP contribution >= 0.6 is 0 Å². The fourth-order valence-corrected chi connectivity index (χ4v) is 4.58. The van der Waals surface area contributed by atoms with Crippen LogP contribution in [0, 0.1) is 13.8 Å². The van der Waals surface area contributed by atoms with Gasteiger partial charge in [0.25, 0.3) is 0 Å². The first kappa shape index (κ1) is 17.6. The van der Waals surface area contributed by atoms with Crippen LogP contribution in [-0.4, -0.2) is 54.2 Å². The molecule has 0 atom stereocenters. The third-order valence-electron chi connectivity index (χ3n) is 4.04. The fourth-order valence-electron chi connectivity index (χ4n) is 2.82. The quantitative estimate of drug-likeness (QED) is 0.778. The minimum Gasteiger partial charge on any atom is -0.474 e. The SMILES string of the molecule is COc1nccc(OC2CCN(S(=O)(=O)c3c(C)noc3C)CC2)n1. The first-order chi connectivity index (χ1) is 11.9. The molecule has 1 aliphatic heterocycles. The van der Waals surface area contributed by atoms with Crippen LogP contribution in [-0.2, 0) is 10.0 Å². The minimum absolute atomic E-state index is 0.115. The summed E-state index contributed by atoms with van der Waals surface area (Å²) in [5.74, 6) is 0.725. The number of hydrogen-bond acceptors (Lipinski definition) is 8. The Morgan fingerprint density at radius 3 is 2.60 bits per heavy atom. The van der Waals surface area contributed by atoms with E-state index in [1.54, 1.807) is 26.1 Å². The average Bonchev–Trinajstić information content (AvgIpc) is 2.95. The van der Waals surface area contributed by atoms with Crippen molar-refractivity contribution in [3.05, 3.63) is 23.7 Å². The highest BCUT2D eigenvalue weighted by Gasteiger charge is 2.34. The van der Waals surface area contributed by atoms with Crippen molar-refractivity contribution >= 4 is 10.0 Å². The van der Waals surface area contributed by atoms with Crippen LogP contribution in [0.2, 0.25) is 0 Å². The van der Waals surface area contributed by atoms with E-state index in [0.717, 1.165) is 0 Å². The van der Waals surface area contributed by atoms with Gasteiger partial charge in [0.05, 0.1) is 7.11 Å². The summed E-state index contributed by atoms with van der Waals surface area (Å²) in [5, 5.41) is 3.73. The normalized spacial score (nSPS) is 16.8. The Labute approximate surface area is 146 Å². The molecule has 0 N–H and O–H groups in total. The van der Waals surface area contributed by atoms with Gasteiger partial charge in [0.15, 0.2) is 5.76 Å². The molecule has 136 valence electrons. The van der Waals surface area contributed by atoms with Gasteiger partial charge < -0.3 is 14.0 Å². The maximum atomic E-state index is 12.8. The predicted molar refractivity (Wildman–Crippen MR) is 87.0 cm³/mol. The van der Waals surface area contributed by atoms with E-state index in [2.05, 4.69) is 15.1 Å². The van der Waals surface area contributed by atoms with Crippen molar-refractivity contribution < 1.29 is 22.4 Å². The van der Waals surface area contributed by atoms with E-state index in [0.29, 0.717) is 43.3 Å². The zero-order valence-corrected chi connectivity index (χ0v) is 15.1. The zero-order chi connectivity index (χ0) is 18.0. The lowest BCUT2D eigenvalue weighted by molar-refractivity contribution is 0.128. The van der Waals surface area contributed by atoms with Gasteiger partial charge in [-0.05, 0) is 26.7 Å². The van der Waals surface area contributed by atoms with E-state index >= 15 is 0 Å². The van der Waals surface area contributed by atoms with Crippen molar-refractivity contribution in [3.63, 3.8) is 0 Å². The molecule has 25 heavy (non-hydrogen) atoms. The number of piperidine rings is 1. The summed E-state index contributed by atoms with van der Waals surface area (Å²) in [5.41, 5.74) is 0.379. The van der Waals surface area contributed by atoms with E-state index in [-0.39, 0.29) is 17.0 Å². The predicted octanol–water partition coefficient (Wildman–Crippen LogP) is 1.32. The molecule has 1 saturated heterocycles. The van der Waals surface area contributed by atoms with Gasteiger partial charge in [0, 0.05) is 25.4 Å². The number of hydrogen-bond donors (Lipinski definition) is 0. The van der Waals surface area contributed by atoms with Crippen LogP contribution in [0.1, 0.15) is 24.3 Å². The second-order valence-electron chi connectivity index (χ2n) is 5.76. The number of rotatable bonds is 5. The van der Waals surface area contributed by atoms with Gasteiger partial charge in [-0.25, -0.2) is 13.4 Å². The summed E-state index contributed by atoms with van der Waals surface area (Å²) in [6.07, 6.45) is 2.57. The van der Waals surface area contributed by atoms with Crippen molar-refractivity contribution in [3.8, 4) is 11.9 Å². The van der Waals surface area contributed by atoms with E-state index in [1.807, 2.05) is 0 Å². The van der Waals surface area contributed by atoms with Crippen molar-refractivity contribution in [1.29, 1.82) is 0 Å². The van der Waals surface area contributed by atoms with Gasteiger partial charge in [0.2, 0.25) is 15.9 Å². The molecule has 2 aromatic heterocycles. The van der Waals surface area contributed by atoms with Crippen LogP contribution in [0.15, 0.2) is 21.7 Å². The Morgan fingerprint density at radius 2 is 2.00 bits per heavy atom. The number of sulfonamides is 1. The van der Waals surface area contributed by atoms with E-state index < -0.39 is 10.0 Å². The lowest BCUT2D eigenvalue weighted by Crippen LogP contribution is -2.42. The molecule has 0 amide bonds. The molecule has 10 heteroatoms. The molecule has 3 heterocycles. The molecule has 0 radical (unpaired) electrons. The van der Waals surface area contributed by atoms with Gasteiger partial charge in [-0.2, -0.15) is 9.29 Å². The smallest absolute Gasteiger partial charge is 0.319 e. The third kappa shape index (κ3) is 3.59. The molecular formula is C15H20N4O5S. The van der Waals surface area contributed by atoms with Gasteiger partial charge in [-0.3, -0.25) is 0 Å². The Kier molecular flexibility index (Phi) is 4.91. The molecule has 0 saturated carbocycles. The summed E-state index contributed by atoms with van der Waals surface area (Å²) in [6.45, 7) is 3.95. The summed E-state index contributed by atoms with van der Waals surface area (Å²) in [6, 6.07) is 1.88. The largest absolute Gasteiger partial charge is 0.474 e. The molecule has 3 rings (SSSR count). The van der Waals surface area contributed by atoms with E-state index in [9.17, 15) is 8.42 Å². The minimum atomic E-state index is -3.61. The maximum absolute atomic E-state index is 12.8. The molecule has 0 bridgehead atoms. The van der Waals surface area contributed by atoms with Crippen LogP contribution in [0.25, 0.3) is 0 Å². The van der Waals surface area contributed by atoms with Crippen molar-refractivity contribution in [1.82, 2.24) is 19.4 Å². The zero-order valence-electron chi connectivity index (χ0n) is 14.3. The number of ether oxygens (including phenoxy) is 2. The molecular weight excluding hydrogens is 348 g/mol. The summed E-state index contributed by atoms with van der Waals surface area (Å²) < 4.78 is 42.8. The van der Waals surface area contributed by atoms with Crippen LogP contribution in [0.4, 0.5) is 0 Å².